The molecule has 0 amide bonds. The van der Waals surface area contributed by atoms with Crippen molar-refractivity contribution < 1.29 is 8.42 Å². The fourth-order valence-electron chi connectivity index (χ4n) is 1.61. The van der Waals surface area contributed by atoms with Crippen molar-refractivity contribution in [1.82, 2.24) is 0 Å². The number of hydrogen-bond acceptors (Lipinski definition) is 2. The predicted octanol–water partition coefficient (Wildman–Crippen LogP) is 5.08. The minimum Gasteiger partial charge on any atom is -0.279 e. The molecule has 0 spiro atoms. The van der Waals surface area contributed by atoms with Crippen molar-refractivity contribution in [2.75, 3.05) is 4.72 Å². The van der Waals surface area contributed by atoms with E-state index in [2.05, 4.69) is 52.5 Å². The summed E-state index contributed by atoms with van der Waals surface area (Å²) in [5, 5.41) is 0. The van der Waals surface area contributed by atoms with Crippen LogP contribution in [0.1, 0.15) is 5.56 Å². The highest BCUT2D eigenvalue weighted by molar-refractivity contribution is 9.11. The number of anilines is 1. The minimum absolute atomic E-state index is 0.195. The molecule has 0 saturated carbocycles. The van der Waals surface area contributed by atoms with Gasteiger partial charge in [-0.05, 0) is 58.7 Å². The third kappa shape index (κ3) is 3.44. The second-order valence-corrected chi connectivity index (χ2v) is 8.37. The second kappa shape index (κ2) is 6.17. The normalized spacial score (nSPS) is 11.4. The zero-order valence-corrected chi connectivity index (χ0v) is 15.9. The molecule has 7 heteroatoms. The molecule has 0 saturated heterocycles. The first-order valence-corrected chi connectivity index (χ1v) is 9.40. The summed E-state index contributed by atoms with van der Waals surface area (Å²) in [6.07, 6.45) is 0. The van der Waals surface area contributed by atoms with Gasteiger partial charge in [0.2, 0.25) is 0 Å². The lowest BCUT2D eigenvalue weighted by atomic mass is 10.2. The molecule has 0 unspecified atom stereocenters. The van der Waals surface area contributed by atoms with Crippen LogP contribution in [0, 0.1) is 6.92 Å². The Kier molecular flexibility index (Phi) is 4.94. The molecule has 0 aromatic heterocycles. The SMILES string of the molecule is Cc1c(Br)cccc1NS(=O)(=O)c1ccc(Br)cc1Br. The fraction of sp³-hybridized carbons (Fsp3) is 0.0769. The van der Waals surface area contributed by atoms with Gasteiger partial charge in [0.15, 0.2) is 0 Å². The van der Waals surface area contributed by atoms with Crippen LogP contribution in [0.25, 0.3) is 0 Å². The molecule has 2 aromatic rings. The second-order valence-electron chi connectivity index (χ2n) is 4.09. The van der Waals surface area contributed by atoms with Gasteiger partial charge in [-0.2, -0.15) is 0 Å². The molecule has 20 heavy (non-hydrogen) atoms. The molecule has 0 bridgehead atoms. The molecule has 2 rings (SSSR count). The summed E-state index contributed by atoms with van der Waals surface area (Å²) < 4.78 is 29.6. The Bertz CT molecular complexity index is 760. The molecular weight excluding hydrogens is 474 g/mol. The van der Waals surface area contributed by atoms with E-state index in [1.165, 1.54) is 0 Å². The van der Waals surface area contributed by atoms with Crippen molar-refractivity contribution in [2.45, 2.75) is 11.8 Å². The summed E-state index contributed by atoms with van der Waals surface area (Å²) in [5.41, 5.74) is 1.39. The molecule has 106 valence electrons. The quantitative estimate of drug-likeness (QED) is 0.661. The Morgan fingerprint density at radius 1 is 1.00 bits per heavy atom. The lowest BCUT2D eigenvalue weighted by Gasteiger charge is -2.12. The van der Waals surface area contributed by atoms with Gasteiger partial charge in [0.1, 0.15) is 4.90 Å². The van der Waals surface area contributed by atoms with Crippen molar-refractivity contribution in [3.63, 3.8) is 0 Å². The molecular formula is C13H10Br3NO2S. The molecule has 3 nitrogen and oxygen atoms in total. The molecule has 2 aromatic carbocycles. The monoisotopic (exact) mass is 481 g/mol. The number of hydrogen-bond donors (Lipinski definition) is 1. The fourth-order valence-corrected chi connectivity index (χ4v) is 4.85. The summed E-state index contributed by atoms with van der Waals surface area (Å²) in [4.78, 5) is 0.195. The molecule has 0 radical (unpaired) electrons. The van der Waals surface area contributed by atoms with Gasteiger partial charge in [0.05, 0.1) is 5.69 Å². The van der Waals surface area contributed by atoms with Crippen molar-refractivity contribution in [3.05, 3.63) is 55.4 Å². The van der Waals surface area contributed by atoms with Gasteiger partial charge in [0, 0.05) is 13.4 Å². The Hall–Kier alpha value is -0.370. The molecule has 0 heterocycles. The number of halogens is 3. The van der Waals surface area contributed by atoms with Gasteiger partial charge in [-0.15, -0.1) is 0 Å². The van der Waals surface area contributed by atoms with Crippen molar-refractivity contribution >= 4 is 63.5 Å². The van der Waals surface area contributed by atoms with E-state index in [4.69, 9.17) is 0 Å². The first-order valence-electron chi connectivity index (χ1n) is 5.54. The highest BCUT2D eigenvalue weighted by Crippen LogP contribution is 2.29. The molecule has 0 aliphatic rings. The van der Waals surface area contributed by atoms with Crippen molar-refractivity contribution in [2.24, 2.45) is 0 Å². The smallest absolute Gasteiger partial charge is 0.263 e. The highest BCUT2D eigenvalue weighted by Gasteiger charge is 2.19. The van der Waals surface area contributed by atoms with Gasteiger partial charge in [-0.3, -0.25) is 4.72 Å². The molecule has 0 aliphatic heterocycles. The van der Waals surface area contributed by atoms with E-state index in [1.54, 1.807) is 30.3 Å². The maximum Gasteiger partial charge on any atom is 0.263 e. The number of rotatable bonds is 3. The van der Waals surface area contributed by atoms with Crippen LogP contribution in [0.2, 0.25) is 0 Å². The zero-order chi connectivity index (χ0) is 14.9. The van der Waals surface area contributed by atoms with Crippen LogP contribution < -0.4 is 4.72 Å². The van der Waals surface area contributed by atoms with E-state index in [9.17, 15) is 8.42 Å². The van der Waals surface area contributed by atoms with E-state index in [0.29, 0.717) is 10.2 Å². The first-order chi connectivity index (χ1) is 9.31. The van der Waals surface area contributed by atoms with E-state index in [-0.39, 0.29) is 4.90 Å². The third-order valence-corrected chi connectivity index (χ3v) is 6.39. The maximum absolute atomic E-state index is 12.4. The summed E-state index contributed by atoms with van der Waals surface area (Å²) in [6.45, 7) is 1.85. The van der Waals surface area contributed by atoms with Crippen LogP contribution in [-0.2, 0) is 10.0 Å². The Labute approximate surface area is 143 Å². The van der Waals surface area contributed by atoms with Gasteiger partial charge < -0.3 is 0 Å². The zero-order valence-electron chi connectivity index (χ0n) is 10.3. The summed E-state index contributed by atoms with van der Waals surface area (Å²) in [7, 11) is -3.64. The number of nitrogens with one attached hydrogen (secondary N) is 1. The largest absolute Gasteiger partial charge is 0.279 e. The van der Waals surface area contributed by atoms with Crippen LogP contribution in [0.4, 0.5) is 5.69 Å². The van der Waals surface area contributed by atoms with Gasteiger partial charge in [-0.25, -0.2) is 8.42 Å². The Balaban J connectivity index is 2.44. The lowest BCUT2D eigenvalue weighted by Crippen LogP contribution is -2.14. The number of benzene rings is 2. The van der Waals surface area contributed by atoms with E-state index in [0.717, 1.165) is 14.5 Å². The minimum atomic E-state index is -3.64. The Morgan fingerprint density at radius 2 is 1.70 bits per heavy atom. The average Bonchev–Trinajstić information content (AvgIpc) is 2.34. The standard InChI is InChI=1S/C13H10Br3NO2S/c1-8-10(15)3-2-4-12(8)17-20(18,19)13-6-5-9(14)7-11(13)16/h2-7,17H,1H3. The predicted molar refractivity (Wildman–Crippen MR) is 91.5 cm³/mol. The van der Waals surface area contributed by atoms with Crippen molar-refractivity contribution in [3.8, 4) is 0 Å². The molecule has 0 aliphatic carbocycles. The van der Waals surface area contributed by atoms with Crippen LogP contribution in [0.3, 0.4) is 0 Å². The summed E-state index contributed by atoms with van der Waals surface area (Å²) in [5.74, 6) is 0. The topological polar surface area (TPSA) is 46.2 Å². The summed E-state index contributed by atoms with van der Waals surface area (Å²) >= 11 is 9.95. The number of sulfonamides is 1. The molecule has 0 atom stereocenters. The van der Waals surface area contributed by atoms with Gasteiger partial charge in [-0.1, -0.05) is 37.9 Å². The van der Waals surface area contributed by atoms with E-state index < -0.39 is 10.0 Å². The average molecular weight is 484 g/mol. The highest BCUT2D eigenvalue weighted by atomic mass is 79.9. The first kappa shape index (κ1) is 16.0. The third-order valence-electron chi connectivity index (χ3n) is 2.70. The summed E-state index contributed by atoms with van der Waals surface area (Å²) in [6, 6.07) is 10.3. The lowest BCUT2D eigenvalue weighted by molar-refractivity contribution is 0.600. The maximum atomic E-state index is 12.4. The van der Waals surface area contributed by atoms with Crippen LogP contribution in [-0.4, -0.2) is 8.42 Å². The van der Waals surface area contributed by atoms with Crippen LogP contribution >= 0.6 is 47.8 Å². The van der Waals surface area contributed by atoms with E-state index in [1.807, 2.05) is 13.0 Å². The molecule has 0 fully saturated rings. The van der Waals surface area contributed by atoms with Crippen LogP contribution in [0.5, 0.6) is 0 Å². The van der Waals surface area contributed by atoms with Crippen molar-refractivity contribution in [1.29, 1.82) is 0 Å². The molecule has 1 N–H and O–H groups in total. The Morgan fingerprint density at radius 3 is 2.35 bits per heavy atom. The van der Waals surface area contributed by atoms with Crippen LogP contribution in [0.15, 0.2) is 54.7 Å². The van der Waals surface area contributed by atoms with E-state index >= 15 is 0 Å². The van der Waals surface area contributed by atoms with Gasteiger partial charge >= 0.3 is 0 Å². The van der Waals surface area contributed by atoms with Gasteiger partial charge in [0.25, 0.3) is 10.0 Å².